The van der Waals surface area contributed by atoms with Crippen LogP contribution in [0.5, 0.6) is 5.75 Å². The molecule has 0 aromatic heterocycles. The number of benzene rings is 2. The number of rotatable bonds is 8. The second-order valence-corrected chi connectivity index (χ2v) is 7.41. The molecule has 0 radical (unpaired) electrons. The summed E-state index contributed by atoms with van der Waals surface area (Å²) in [4.78, 5) is 28.0. The number of nitrogens with zero attached hydrogens (tertiary/aromatic N) is 2. The number of anilines is 3. The van der Waals surface area contributed by atoms with Gasteiger partial charge in [0.25, 0.3) is 5.91 Å². The number of hydrogen-bond donors (Lipinski definition) is 1. The molecule has 6 nitrogen and oxygen atoms in total. The van der Waals surface area contributed by atoms with Crippen molar-refractivity contribution in [2.24, 2.45) is 0 Å². The fourth-order valence-electron chi connectivity index (χ4n) is 3.57. The van der Waals surface area contributed by atoms with E-state index < -0.39 is 0 Å². The first-order valence-electron chi connectivity index (χ1n) is 10.2. The van der Waals surface area contributed by atoms with Crippen LogP contribution in [0.4, 0.5) is 17.1 Å². The highest BCUT2D eigenvalue weighted by Crippen LogP contribution is 2.24. The van der Waals surface area contributed by atoms with Gasteiger partial charge >= 0.3 is 0 Å². The van der Waals surface area contributed by atoms with E-state index in [0.717, 1.165) is 36.6 Å². The molecule has 1 saturated heterocycles. The Balaban J connectivity index is 1.50. The topological polar surface area (TPSA) is 61.9 Å². The molecule has 3 rings (SSSR count). The summed E-state index contributed by atoms with van der Waals surface area (Å²) < 4.78 is 5.57. The minimum absolute atomic E-state index is 0.0726. The summed E-state index contributed by atoms with van der Waals surface area (Å²) >= 11 is 0. The molecule has 0 unspecified atom stereocenters. The molecule has 0 atom stereocenters. The Morgan fingerprint density at radius 2 is 1.83 bits per heavy atom. The molecule has 1 fully saturated rings. The van der Waals surface area contributed by atoms with Gasteiger partial charge in [0.2, 0.25) is 5.91 Å². The molecule has 2 amide bonds. The first-order chi connectivity index (χ1) is 14.0. The first-order valence-corrected chi connectivity index (χ1v) is 10.2. The van der Waals surface area contributed by atoms with Crippen LogP contribution < -0.4 is 19.9 Å². The maximum Gasteiger partial charge on any atom is 0.262 e. The molecule has 1 aliphatic heterocycles. The molecule has 154 valence electrons. The zero-order chi connectivity index (χ0) is 20.8. The minimum atomic E-state index is -0.215. The predicted molar refractivity (Wildman–Crippen MR) is 117 cm³/mol. The van der Waals surface area contributed by atoms with E-state index in [-0.39, 0.29) is 18.4 Å². The quantitative estimate of drug-likeness (QED) is 0.732. The van der Waals surface area contributed by atoms with Crippen LogP contribution in [0, 0.1) is 0 Å². The Morgan fingerprint density at radius 3 is 2.38 bits per heavy atom. The third-order valence-electron chi connectivity index (χ3n) is 5.04. The molecule has 1 N–H and O–H groups in total. The van der Waals surface area contributed by atoms with Crippen LogP contribution in [0.2, 0.25) is 0 Å². The Bertz CT molecular complexity index is 831. The number of nitrogens with one attached hydrogen (secondary N) is 1. The van der Waals surface area contributed by atoms with Gasteiger partial charge in [-0.15, -0.1) is 0 Å². The van der Waals surface area contributed by atoms with Crippen molar-refractivity contribution in [1.29, 1.82) is 0 Å². The van der Waals surface area contributed by atoms with Gasteiger partial charge in [-0.05, 0) is 75.7 Å². The second kappa shape index (κ2) is 9.45. The summed E-state index contributed by atoms with van der Waals surface area (Å²) in [5.41, 5.74) is 2.74. The fourth-order valence-corrected chi connectivity index (χ4v) is 3.57. The van der Waals surface area contributed by atoms with Gasteiger partial charge in [0.05, 0.1) is 0 Å². The summed E-state index contributed by atoms with van der Waals surface area (Å²) in [5.74, 6) is 0.536. The normalized spacial score (nSPS) is 13.7. The Kier molecular flexibility index (Phi) is 6.75. The van der Waals surface area contributed by atoms with E-state index >= 15 is 0 Å². The van der Waals surface area contributed by atoms with Gasteiger partial charge in [-0.25, -0.2) is 0 Å². The molecule has 6 heteroatoms. The van der Waals surface area contributed by atoms with Crippen molar-refractivity contribution in [2.75, 3.05) is 34.8 Å². The van der Waals surface area contributed by atoms with E-state index in [1.54, 1.807) is 17.0 Å². The summed E-state index contributed by atoms with van der Waals surface area (Å²) in [7, 11) is 0. The maximum absolute atomic E-state index is 12.2. The van der Waals surface area contributed by atoms with Gasteiger partial charge in [-0.3, -0.25) is 9.59 Å². The lowest BCUT2D eigenvalue weighted by Crippen LogP contribution is -2.30. The summed E-state index contributed by atoms with van der Waals surface area (Å²) in [6.45, 7) is 8.06. The van der Waals surface area contributed by atoms with Gasteiger partial charge in [0, 0.05) is 42.6 Å². The van der Waals surface area contributed by atoms with Crippen LogP contribution in [0.25, 0.3) is 0 Å². The monoisotopic (exact) mass is 395 g/mol. The highest BCUT2D eigenvalue weighted by molar-refractivity contribution is 5.95. The van der Waals surface area contributed by atoms with E-state index in [0.29, 0.717) is 18.2 Å². The number of carbonyl (C=O) groups excluding carboxylic acids is 2. The number of ether oxygens (including phenoxy) is 1. The average molecular weight is 396 g/mol. The molecular formula is C23H29N3O3. The van der Waals surface area contributed by atoms with E-state index in [1.807, 2.05) is 36.4 Å². The van der Waals surface area contributed by atoms with E-state index in [1.165, 1.54) is 0 Å². The predicted octanol–water partition coefficient (Wildman–Crippen LogP) is 4.07. The third kappa shape index (κ3) is 5.28. The van der Waals surface area contributed by atoms with E-state index in [4.69, 9.17) is 4.74 Å². The Labute approximate surface area is 172 Å². The van der Waals surface area contributed by atoms with Gasteiger partial charge in [-0.2, -0.15) is 0 Å². The largest absolute Gasteiger partial charge is 0.484 e. The van der Waals surface area contributed by atoms with E-state index in [2.05, 4.69) is 31.0 Å². The van der Waals surface area contributed by atoms with Crippen molar-refractivity contribution >= 4 is 28.9 Å². The summed E-state index contributed by atoms with van der Waals surface area (Å²) in [6, 6.07) is 15.5. The molecule has 0 spiro atoms. The zero-order valence-corrected chi connectivity index (χ0v) is 17.4. The molecular weight excluding hydrogens is 366 g/mol. The van der Waals surface area contributed by atoms with E-state index in [9.17, 15) is 9.59 Å². The van der Waals surface area contributed by atoms with Gasteiger partial charge in [0.15, 0.2) is 6.61 Å². The Hall–Kier alpha value is -3.02. The van der Waals surface area contributed by atoms with Crippen LogP contribution in [-0.4, -0.2) is 37.6 Å². The molecule has 1 heterocycles. The molecule has 29 heavy (non-hydrogen) atoms. The second-order valence-electron chi connectivity index (χ2n) is 7.41. The lowest BCUT2D eigenvalue weighted by molar-refractivity contribution is -0.118. The smallest absolute Gasteiger partial charge is 0.262 e. The Morgan fingerprint density at radius 1 is 1.14 bits per heavy atom. The number of amides is 2. The van der Waals surface area contributed by atoms with Crippen molar-refractivity contribution in [3.8, 4) is 5.75 Å². The van der Waals surface area contributed by atoms with Gasteiger partial charge in [0.1, 0.15) is 5.75 Å². The molecule has 0 bridgehead atoms. The lowest BCUT2D eigenvalue weighted by atomic mass is 10.2. The zero-order valence-electron chi connectivity index (χ0n) is 17.4. The van der Waals surface area contributed by atoms with Crippen LogP contribution in [0.3, 0.4) is 0 Å². The van der Waals surface area contributed by atoms with Crippen LogP contribution in [-0.2, 0) is 9.59 Å². The first kappa shape index (κ1) is 20.7. The molecule has 2 aromatic carbocycles. The highest BCUT2D eigenvalue weighted by Gasteiger charge is 2.21. The maximum atomic E-state index is 12.2. The summed E-state index contributed by atoms with van der Waals surface area (Å²) in [6.07, 6.45) is 1.50. The SMILES string of the molecule is CCN(c1ccc(NC(=O)COc2ccc(N3CCCC3=O)cc2)cc1)C(C)C. The third-order valence-corrected chi connectivity index (χ3v) is 5.04. The number of carbonyl (C=O) groups is 2. The molecule has 2 aromatic rings. The standard InChI is InChI=1S/C23H29N3O3/c1-4-25(17(2)3)19-9-7-18(8-10-19)24-22(27)16-29-21-13-11-20(12-14-21)26-15-5-6-23(26)28/h7-14,17H,4-6,15-16H2,1-3H3,(H,24,27). The van der Waals surface area contributed by atoms with Crippen molar-refractivity contribution in [3.63, 3.8) is 0 Å². The van der Waals surface area contributed by atoms with Crippen LogP contribution >= 0.6 is 0 Å². The van der Waals surface area contributed by atoms with Gasteiger partial charge in [-0.1, -0.05) is 0 Å². The van der Waals surface area contributed by atoms with Crippen molar-refractivity contribution < 1.29 is 14.3 Å². The number of hydrogen-bond acceptors (Lipinski definition) is 4. The summed E-state index contributed by atoms with van der Waals surface area (Å²) in [5, 5.41) is 2.85. The molecule has 0 saturated carbocycles. The van der Waals surface area contributed by atoms with Crippen LogP contribution in [0.1, 0.15) is 33.6 Å². The van der Waals surface area contributed by atoms with Crippen molar-refractivity contribution in [1.82, 2.24) is 0 Å². The highest BCUT2D eigenvalue weighted by atomic mass is 16.5. The minimum Gasteiger partial charge on any atom is -0.484 e. The van der Waals surface area contributed by atoms with Gasteiger partial charge < -0.3 is 19.9 Å². The molecule has 1 aliphatic rings. The van der Waals surface area contributed by atoms with Crippen molar-refractivity contribution in [2.45, 2.75) is 39.7 Å². The average Bonchev–Trinajstić information content (AvgIpc) is 3.14. The van der Waals surface area contributed by atoms with Crippen molar-refractivity contribution in [3.05, 3.63) is 48.5 Å². The lowest BCUT2D eigenvalue weighted by Gasteiger charge is -2.27. The van der Waals surface area contributed by atoms with Crippen LogP contribution in [0.15, 0.2) is 48.5 Å². The fraction of sp³-hybridized carbons (Fsp3) is 0.391. The molecule has 0 aliphatic carbocycles.